The largest absolute Gasteiger partial charge is 0.349 e. The molecule has 0 saturated heterocycles. The average molecular weight is 282 g/mol. The van der Waals surface area contributed by atoms with Gasteiger partial charge in [0.15, 0.2) is 13.1 Å². The molecule has 5 nitrogen and oxygen atoms in total. The lowest BCUT2D eigenvalue weighted by atomic mass is 10.3. The molecular weight excluding hydrogens is 261 g/mol. The molecule has 0 spiro atoms. The molecule has 0 aromatic heterocycles. The molecule has 2 amide bonds. The highest BCUT2D eigenvalue weighted by molar-refractivity contribution is 5.91. The Morgan fingerprint density at radius 1 is 1.20 bits per heavy atom. The fraction of sp³-hybridized carbons (Fsp3) is 0.429. The second kappa shape index (κ2) is 7.59. The standard InChI is InChI=1S/C14H20FN3O2/c1-10(2)16-13(19)8-18(3)9-14(20)17-12-7-5-4-6-11(12)15/h4-7,10H,8-9H2,1-3H3,(H,16,19)(H,17,20)/p+1. The molecule has 0 radical (unpaired) electrons. The summed E-state index contributed by atoms with van der Waals surface area (Å²) in [7, 11) is 1.74. The number of rotatable bonds is 6. The predicted molar refractivity (Wildman–Crippen MR) is 74.9 cm³/mol. The van der Waals surface area contributed by atoms with Gasteiger partial charge < -0.3 is 15.5 Å². The van der Waals surface area contributed by atoms with Crippen LogP contribution in [0.4, 0.5) is 10.1 Å². The van der Waals surface area contributed by atoms with Gasteiger partial charge >= 0.3 is 0 Å². The van der Waals surface area contributed by atoms with Crippen molar-refractivity contribution in [3.63, 3.8) is 0 Å². The molecule has 0 aliphatic heterocycles. The highest BCUT2D eigenvalue weighted by Crippen LogP contribution is 2.11. The summed E-state index contributed by atoms with van der Waals surface area (Å²) in [6.07, 6.45) is 0. The Bertz CT molecular complexity index is 477. The highest BCUT2D eigenvalue weighted by atomic mass is 19.1. The maximum absolute atomic E-state index is 13.4. The topological polar surface area (TPSA) is 62.6 Å². The first kappa shape index (κ1) is 16.1. The number of nitrogens with one attached hydrogen (secondary N) is 3. The Labute approximate surface area is 118 Å². The number of hydrogen-bond donors (Lipinski definition) is 3. The Morgan fingerprint density at radius 3 is 2.40 bits per heavy atom. The first-order chi connectivity index (χ1) is 9.38. The zero-order valence-corrected chi connectivity index (χ0v) is 12.0. The summed E-state index contributed by atoms with van der Waals surface area (Å²) in [5, 5.41) is 5.24. The number of likely N-dealkylation sites (N-methyl/N-ethyl adjacent to an activating group) is 1. The van der Waals surface area contributed by atoms with Gasteiger partial charge in [-0.1, -0.05) is 12.1 Å². The predicted octanol–water partition coefficient (Wildman–Crippen LogP) is -0.196. The van der Waals surface area contributed by atoms with Crippen molar-refractivity contribution in [3.8, 4) is 0 Å². The summed E-state index contributed by atoms with van der Waals surface area (Å²) >= 11 is 0. The van der Waals surface area contributed by atoms with E-state index in [9.17, 15) is 14.0 Å². The number of anilines is 1. The van der Waals surface area contributed by atoms with Gasteiger partial charge in [-0.25, -0.2) is 4.39 Å². The zero-order valence-electron chi connectivity index (χ0n) is 12.0. The summed E-state index contributed by atoms with van der Waals surface area (Å²) in [6, 6.07) is 6.04. The molecule has 0 saturated carbocycles. The Hall–Kier alpha value is -1.95. The van der Waals surface area contributed by atoms with Crippen molar-refractivity contribution in [2.45, 2.75) is 19.9 Å². The fourth-order valence-corrected chi connectivity index (χ4v) is 1.74. The number of carbonyl (C=O) groups excluding carboxylic acids is 2. The van der Waals surface area contributed by atoms with Gasteiger partial charge in [0, 0.05) is 6.04 Å². The van der Waals surface area contributed by atoms with Gasteiger partial charge in [0.1, 0.15) is 5.82 Å². The van der Waals surface area contributed by atoms with Crippen molar-refractivity contribution in [1.29, 1.82) is 0 Å². The third-order valence-electron chi connectivity index (χ3n) is 2.52. The molecule has 20 heavy (non-hydrogen) atoms. The molecule has 3 N–H and O–H groups in total. The summed E-state index contributed by atoms with van der Waals surface area (Å²) in [5.41, 5.74) is 0.150. The Morgan fingerprint density at radius 2 is 1.80 bits per heavy atom. The van der Waals surface area contributed by atoms with E-state index in [1.807, 2.05) is 13.8 Å². The van der Waals surface area contributed by atoms with Crippen LogP contribution in [0.5, 0.6) is 0 Å². The second-order valence-corrected chi connectivity index (χ2v) is 5.06. The minimum absolute atomic E-state index is 0.0718. The molecule has 1 unspecified atom stereocenters. The fourth-order valence-electron chi connectivity index (χ4n) is 1.74. The van der Waals surface area contributed by atoms with Crippen LogP contribution in [-0.4, -0.2) is 38.0 Å². The molecule has 1 aromatic carbocycles. The van der Waals surface area contributed by atoms with Crippen molar-refractivity contribution >= 4 is 17.5 Å². The number of benzene rings is 1. The van der Waals surface area contributed by atoms with Crippen molar-refractivity contribution in [2.75, 3.05) is 25.5 Å². The average Bonchev–Trinajstić information content (AvgIpc) is 2.30. The quantitative estimate of drug-likeness (QED) is 0.677. The number of quaternary nitrogens is 1. The molecular formula is C14H21FN3O2+. The van der Waals surface area contributed by atoms with Crippen LogP contribution in [0.2, 0.25) is 0 Å². The van der Waals surface area contributed by atoms with E-state index in [0.29, 0.717) is 0 Å². The van der Waals surface area contributed by atoms with Crippen molar-refractivity contribution in [3.05, 3.63) is 30.1 Å². The van der Waals surface area contributed by atoms with E-state index >= 15 is 0 Å². The van der Waals surface area contributed by atoms with Crippen LogP contribution in [-0.2, 0) is 9.59 Å². The van der Waals surface area contributed by atoms with E-state index in [2.05, 4.69) is 10.6 Å². The summed E-state index contributed by atoms with van der Waals surface area (Å²) in [5.74, 6) is -0.919. The van der Waals surface area contributed by atoms with E-state index in [1.165, 1.54) is 12.1 Å². The van der Waals surface area contributed by atoms with Gasteiger partial charge in [0.2, 0.25) is 0 Å². The lowest BCUT2D eigenvalue weighted by Gasteiger charge is -2.15. The number of para-hydroxylation sites is 1. The van der Waals surface area contributed by atoms with Crippen LogP contribution in [0.15, 0.2) is 24.3 Å². The molecule has 1 aromatic rings. The number of halogens is 1. The Kier molecular flexibility index (Phi) is 6.11. The monoisotopic (exact) mass is 282 g/mol. The molecule has 0 aliphatic rings. The number of carbonyl (C=O) groups is 2. The third-order valence-corrected chi connectivity index (χ3v) is 2.52. The van der Waals surface area contributed by atoms with Crippen LogP contribution in [0.1, 0.15) is 13.8 Å². The number of amides is 2. The van der Waals surface area contributed by atoms with Crippen molar-refractivity contribution in [1.82, 2.24) is 5.32 Å². The minimum Gasteiger partial charge on any atom is -0.349 e. The molecule has 1 rings (SSSR count). The van der Waals surface area contributed by atoms with Gasteiger partial charge in [-0.2, -0.15) is 0 Å². The van der Waals surface area contributed by atoms with Gasteiger partial charge in [-0.05, 0) is 26.0 Å². The number of hydrogen-bond acceptors (Lipinski definition) is 2. The molecule has 110 valence electrons. The van der Waals surface area contributed by atoms with E-state index in [0.717, 1.165) is 4.90 Å². The lowest BCUT2D eigenvalue weighted by molar-refractivity contribution is -0.862. The summed E-state index contributed by atoms with van der Waals surface area (Å²) in [4.78, 5) is 24.0. The van der Waals surface area contributed by atoms with E-state index < -0.39 is 5.82 Å². The lowest BCUT2D eigenvalue weighted by Crippen LogP contribution is -3.11. The second-order valence-electron chi connectivity index (χ2n) is 5.06. The maximum atomic E-state index is 13.4. The summed E-state index contributed by atoms with van der Waals surface area (Å²) in [6.45, 7) is 4.04. The molecule has 6 heteroatoms. The van der Waals surface area contributed by atoms with Gasteiger partial charge in [0.05, 0.1) is 12.7 Å². The molecule has 0 bridgehead atoms. The van der Waals surface area contributed by atoms with E-state index in [4.69, 9.17) is 0 Å². The molecule has 0 aliphatic carbocycles. The van der Waals surface area contributed by atoms with Crippen LogP contribution in [0.3, 0.4) is 0 Å². The van der Waals surface area contributed by atoms with Crippen LogP contribution >= 0.6 is 0 Å². The smallest absolute Gasteiger partial charge is 0.279 e. The third kappa shape index (κ3) is 5.79. The van der Waals surface area contributed by atoms with Crippen LogP contribution < -0.4 is 15.5 Å². The van der Waals surface area contributed by atoms with Crippen molar-refractivity contribution < 1.29 is 18.9 Å². The first-order valence-corrected chi connectivity index (χ1v) is 6.53. The maximum Gasteiger partial charge on any atom is 0.279 e. The zero-order chi connectivity index (χ0) is 15.1. The van der Waals surface area contributed by atoms with E-state index in [1.54, 1.807) is 19.2 Å². The molecule has 0 heterocycles. The van der Waals surface area contributed by atoms with Crippen molar-refractivity contribution in [2.24, 2.45) is 0 Å². The minimum atomic E-state index is -0.476. The van der Waals surface area contributed by atoms with Crippen LogP contribution in [0.25, 0.3) is 0 Å². The van der Waals surface area contributed by atoms with Gasteiger partial charge in [0.25, 0.3) is 11.8 Å². The van der Waals surface area contributed by atoms with Gasteiger partial charge in [-0.3, -0.25) is 9.59 Å². The molecule has 0 fully saturated rings. The highest BCUT2D eigenvalue weighted by Gasteiger charge is 2.15. The Balaban J connectivity index is 2.42. The SMILES string of the molecule is CC(C)NC(=O)C[NH+](C)CC(=O)Nc1ccccc1F. The van der Waals surface area contributed by atoms with Gasteiger partial charge in [-0.15, -0.1) is 0 Å². The first-order valence-electron chi connectivity index (χ1n) is 6.53. The summed E-state index contributed by atoms with van der Waals surface area (Å²) < 4.78 is 13.4. The van der Waals surface area contributed by atoms with Crippen LogP contribution in [0, 0.1) is 5.82 Å². The van der Waals surface area contributed by atoms with E-state index in [-0.39, 0.29) is 36.6 Å². The normalized spacial score (nSPS) is 12.1. The molecule has 1 atom stereocenters.